The Balaban J connectivity index is 4.43. The van der Waals surface area contributed by atoms with Crippen molar-refractivity contribution in [1.82, 2.24) is 16.0 Å². The first kappa shape index (κ1) is 14.2. The molecule has 0 aliphatic rings. The highest BCUT2D eigenvalue weighted by molar-refractivity contribution is 5.98. The van der Waals surface area contributed by atoms with Gasteiger partial charge >= 0.3 is 0 Å². The fraction of sp³-hybridized carbons (Fsp3) is 0.500. The van der Waals surface area contributed by atoms with E-state index in [1.54, 1.807) is 6.92 Å². The van der Waals surface area contributed by atoms with Gasteiger partial charge in [-0.1, -0.05) is 6.08 Å². The van der Waals surface area contributed by atoms with Gasteiger partial charge in [0, 0.05) is 14.0 Å². The lowest BCUT2D eigenvalue weighted by Gasteiger charge is -2.13. The monoisotopic (exact) mass is 227 g/mol. The number of carbonyl (C=O) groups excluding carboxylic acids is 3. The molecule has 0 radical (unpaired) electrons. The highest BCUT2D eigenvalue weighted by Crippen LogP contribution is 1.91. The first-order valence-corrected chi connectivity index (χ1v) is 4.88. The van der Waals surface area contributed by atoms with Crippen molar-refractivity contribution in [2.75, 3.05) is 7.05 Å². The molecule has 0 rings (SSSR count). The van der Waals surface area contributed by atoms with E-state index in [2.05, 4.69) is 16.0 Å². The molecule has 3 amide bonds. The molecule has 0 bridgehead atoms. The molecule has 1 atom stereocenters. The summed E-state index contributed by atoms with van der Waals surface area (Å²) < 4.78 is 0. The van der Waals surface area contributed by atoms with Crippen molar-refractivity contribution < 1.29 is 14.4 Å². The van der Waals surface area contributed by atoms with Gasteiger partial charge in [-0.15, -0.1) is 0 Å². The van der Waals surface area contributed by atoms with E-state index < -0.39 is 11.9 Å². The maximum atomic E-state index is 11.5. The van der Waals surface area contributed by atoms with E-state index >= 15 is 0 Å². The molecule has 16 heavy (non-hydrogen) atoms. The van der Waals surface area contributed by atoms with Crippen molar-refractivity contribution >= 4 is 17.7 Å². The predicted molar refractivity (Wildman–Crippen MR) is 59.2 cm³/mol. The second-order valence-corrected chi connectivity index (χ2v) is 3.19. The second kappa shape index (κ2) is 6.60. The van der Waals surface area contributed by atoms with E-state index in [0.29, 0.717) is 0 Å². The molecule has 0 unspecified atom stereocenters. The average molecular weight is 227 g/mol. The Kier molecular flexibility index (Phi) is 5.84. The number of amides is 3. The third kappa shape index (κ3) is 4.59. The molecule has 0 fully saturated rings. The van der Waals surface area contributed by atoms with Crippen LogP contribution in [0.4, 0.5) is 0 Å². The van der Waals surface area contributed by atoms with Gasteiger partial charge in [0.1, 0.15) is 11.7 Å². The number of nitrogens with one attached hydrogen (secondary N) is 3. The Morgan fingerprint density at radius 1 is 1.25 bits per heavy atom. The number of likely N-dealkylation sites (N-methyl/N-ethyl adjacent to an activating group) is 1. The van der Waals surface area contributed by atoms with Gasteiger partial charge in [-0.25, -0.2) is 0 Å². The zero-order chi connectivity index (χ0) is 12.7. The van der Waals surface area contributed by atoms with E-state index in [1.165, 1.54) is 27.0 Å². The molecule has 0 saturated heterocycles. The van der Waals surface area contributed by atoms with Crippen LogP contribution >= 0.6 is 0 Å². The Morgan fingerprint density at radius 2 is 1.81 bits per heavy atom. The lowest BCUT2D eigenvalue weighted by molar-refractivity contribution is -0.128. The molecule has 90 valence electrons. The molecule has 0 aromatic rings. The quantitative estimate of drug-likeness (QED) is 0.554. The van der Waals surface area contributed by atoms with Crippen LogP contribution in [-0.2, 0) is 14.4 Å². The third-order valence-electron chi connectivity index (χ3n) is 1.83. The second-order valence-electron chi connectivity index (χ2n) is 3.19. The lowest BCUT2D eigenvalue weighted by atomic mass is 10.3. The first-order valence-electron chi connectivity index (χ1n) is 4.88. The van der Waals surface area contributed by atoms with Crippen LogP contribution in [0.25, 0.3) is 0 Å². The molecule has 0 saturated carbocycles. The van der Waals surface area contributed by atoms with Crippen molar-refractivity contribution in [1.29, 1.82) is 0 Å². The Hall–Kier alpha value is -1.85. The van der Waals surface area contributed by atoms with E-state index in [-0.39, 0.29) is 17.5 Å². The summed E-state index contributed by atoms with van der Waals surface area (Å²) in [7, 11) is 1.47. The van der Waals surface area contributed by atoms with Gasteiger partial charge < -0.3 is 16.0 Å². The fourth-order valence-electron chi connectivity index (χ4n) is 1.01. The number of carbonyl (C=O) groups is 3. The van der Waals surface area contributed by atoms with Crippen molar-refractivity contribution in [2.45, 2.75) is 26.8 Å². The fourth-order valence-corrected chi connectivity index (χ4v) is 1.01. The Labute approximate surface area is 94.5 Å². The molecule has 6 nitrogen and oxygen atoms in total. The van der Waals surface area contributed by atoms with Crippen LogP contribution < -0.4 is 16.0 Å². The van der Waals surface area contributed by atoms with Crippen LogP contribution in [0.5, 0.6) is 0 Å². The maximum Gasteiger partial charge on any atom is 0.267 e. The van der Waals surface area contributed by atoms with E-state index in [0.717, 1.165) is 0 Å². The van der Waals surface area contributed by atoms with Crippen LogP contribution in [0.3, 0.4) is 0 Å². The number of allylic oxidation sites excluding steroid dienone is 1. The topological polar surface area (TPSA) is 87.3 Å². The van der Waals surface area contributed by atoms with Gasteiger partial charge in [0.25, 0.3) is 5.91 Å². The summed E-state index contributed by atoms with van der Waals surface area (Å²) in [6.45, 7) is 4.49. The van der Waals surface area contributed by atoms with Gasteiger partial charge in [-0.05, 0) is 13.8 Å². The summed E-state index contributed by atoms with van der Waals surface area (Å²) in [5, 5.41) is 7.23. The van der Waals surface area contributed by atoms with Gasteiger partial charge in [-0.3, -0.25) is 14.4 Å². The van der Waals surface area contributed by atoms with E-state index in [4.69, 9.17) is 0 Å². The molecule has 0 heterocycles. The SMILES string of the molecule is C/C=C(/NC(=O)[C@H](C)NC(C)=O)C(=O)NC. The summed E-state index contributed by atoms with van der Waals surface area (Å²) in [5.74, 6) is -1.12. The molecule has 3 N–H and O–H groups in total. The van der Waals surface area contributed by atoms with Crippen molar-refractivity contribution in [2.24, 2.45) is 0 Å². The molecule has 0 aliphatic carbocycles. The summed E-state index contributed by atoms with van der Waals surface area (Å²) in [5.41, 5.74) is 0.157. The smallest absolute Gasteiger partial charge is 0.267 e. The zero-order valence-electron chi connectivity index (χ0n) is 9.88. The Morgan fingerprint density at radius 3 is 2.19 bits per heavy atom. The molecule has 0 aromatic heterocycles. The van der Waals surface area contributed by atoms with E-state index in [9.17, 15) is 14.4 Å². The van der Waals surface area contributed by atoms with Crippen LogP contribution in [0.15, 0.2) is 11.8 Å². The minimum absolute atomic E-state index is 0.157. The van der Waals surface area contributed by atoms with Gasteiger partial charge in [0.2, 0.25) is 11.8 Å². The predicted octanol–water partition coefficient (Wildman–Crippen LogP) is -0.723. The number of rotatable bonds is 4. The minimum Gasteiger partial charge on any atom is -0.354 e. The zero-order valence-corrected chi connectivity index (χ0v) is 9.88. The molecular formula is C10H17N3O3. The van der Waals surface area contributed by atoms with Crippen molar-refractivity contribution in [3.05, 3.63) is 11.8 Å². The van der Waals surface area contributed by atoms with Crippen LogP contribution in [-0.4, -0.2) is 30.8 Å². The van der Waals surface area contributed by atoms with Crippen LogP contribution in [0.1, 0.15) is 20.8 Å². The number of hydrogen-bond acceptors (Lipinski definition) is 3. The summed E-state index contributed by atoms with van der Waals surface area (Å²) in [6.07, 6.45) is 1.48. The summed E-state index contributed by atoms with van der Waals surface area (Å²) in [4.78, 5) is 33.5. The highest BCUT2D eigenvalue weighted by atomic mass is 16.2. The minimum atomic E-state index is -0.683. The highest BCUT2D eigenvalue weighted by Gasteiger charge is 2.16. The van der Waals surface area contributed by atoms with Gasteiger partial charge in [0.05, 0.1) is 0 Å². The van der Waals surface area contributed by atoms with E-state index in [1.807, 2.05) is 0 Å². The van der Waals surface area contributed by atoms with Crippen LogP contribution in [0, 0.1) is 0 Å². The van der Waals surface area contributed by atoms with Gasteiger partial charge in [0.15, 0.2) is 0 Å². The molecule has 0 spiro atoms. The summed E-state index contributed by atoms with van der Waals surface area (Å²) >= 11 is 0. The van der Waals surface area contributed by atoms with Crippen molar-refractivity contribution in [3.8, 4) is 0 Å². The third-order valence-corrected chi connectivity index (χ3v) is 1.83. The normalized spacial score (nSPS) is 12.6. The van der Waals surface area contributed by atoms with Gasteiger partial charge in [-0.2, -0.15) is 0 Å². The van der Waals surface area contributed by atoms with Crippen molar-refractivity contribution in [3.63, 3.8) is 0 Å². The molecule has 0 aromatic carbocycles. The van der Waals surface area contributed by atoms with Crippen LogP contribution in [0.2, 0.25) is 0 Å². The average Bonchev–Trinajstić information content (AvgIpc) is 2.23. The molecule has 0 aliphatic heterocycles. The largest absolute Gasteiger partial charge is 0.354 e. The molecule has 6 heteroatoms. The number of hydrogen-bond donors (Lipinski definition) is 3. The Bertz CT molecular complexity index is 323. The lowest BCUT2D eigenvalue weighted by Crippen LogP contribution is -2.45. The summed E-state index contributed by atoms with van der Waals surface area (Å²) in [6, 6.07) is -0.683. The molecular weight excluding hydrogens is 210 g/mol. The standard InChI is InChI=1S/C10H17N3O3/c1-5-8(10(16)11-4)13-9(15)6(2)12-7(3)14/h5-6H,1-4H3,(H,11,16)(H,12,14)(H,13,15)/b8-5+/t6-/m0/s1. The first-order chi connectivity index (χ1) is 7.42. The maximum absolute atomic E-state index is 11.5.